The lowest BCUT2D eigenvalue weighted by molar-refractivity contribution is 0.274. The van der Waals surface area contributed by atoms with Gasteiger partial charge in [0.05, 0.1) is 18.7 Å². The van der Waals surface area contributed by atoms with Gasteiger partial charge < -0.3 is 5.11 Å². The minimum Gasteiger partial charge on any atom is -0.395 e. The lowest BCUT2D eigenvalue weighted by Crippen LogP contribution is -2.33. The summed E-state index contributed by atoms with van der Waals surface area (Å²) in [6.45, 7) is 6.87. The van der Waals surface area contributed by atoms with Crippen molar-refractivity contribution in [3.05, 3.63) is 0 Å². The molecular weight excluding hydrogens is 152 g/mol. The third-order valence-corrected chi connectivity index (χ3v) is 1.47. The molecule has 0 fully saturated rings. The number of hydrogen-bond acceptors (Lipinski definition) is 3. The Morgan fingerprint density at radius 3 is 2.42 bits per heavy atom. The molecule has 0 heterocycles. The van der Waals surface area contributed by atoms with Gasteiger partial charge in [0.25, 0.3) is 0 Å². The van der Waals surface area contributed by atoms with Gasteiger partial charge >= 0.3 is 0 Å². The first-order valence-corrected chi connectivity index (χ1v) is 4.23. The Morgan fingerprint density at radius 1 is 1.50 bits per heavy atom. The summed E-state index contributed by atoms with van der Waals surface area (Å²) in [6, 6.07) is 2.03. The molecule has 0 saturated heterocycles. The summed E-state index contributed by atoms with van der Waals surface area (Å²) in [5.41, 5.74) is 0.156. The molecule has 2 N–H and O–H groups in total. The summed E-state index contributed by atoms with van der Waals surface area (Å²) in [5.74, 6) is 0. The molecule has 0 rings (SSSR count). The summed E-state index contributed by atoms with van der Waals surface area (Å²) in [6.07, 6.45) is 0.809. The minimum atomic E-state index is -0.142. The molecular formula is C9H18N2O. The quantitative estimate of drug-likeness (QED) is 0.659. The molecule has 3 heteroatoms. The van der Waals surface area contributed by atoms with E-state index in [1.807, 2.05) is 0 Å². The van der Waals surface area contributed by atoms with Crippen molar-refractivity contribution in [1.29, 1.82) is 5.26 Å². The minimum absolute atomic E-state index is 0.0856. The molecule has 0 aliphatic heterocycles. The molecule has 0 aromatic heterocycles. The lowest BCUT2D eigenvalue weighted by atomic mass is 9.88. The average molecular weight is 170 g/mol. The standard InChI is InChI=1S/C9H18N2O/c1-9(2,3)6-8(7-10)11-4-5-12/h8,11-12H,4-6H2,1-3H3. The molecule has 0 aromatic rings. The van der Waals surface area contributed by atoms with Gasteiger partial charge in [0, 0.05) is 6.54 Å². The van der Waals surface area contributed by atoms with Gasteiger partial charge in [0.1, 0.15) is 0 Å². The molecule has 0 saturated carbocycles. The predicted molar refractivity (Wildman–Crippen MR) is 48.6 cm³/mol. The summed E-state index contributed by atoms with van der Waals surface area (Å²) in [7, 11) is 0. The first-order chi connectivity index (χ1) is 5.49. The summed E-state index contributed by atoms with van der Waals surface area (Å²) >= 11 is 0. The van der Waals surface area contributed by atoms with Crippen molar-refractivity contribution < 1.29 is 5.11 Å². The molecule has 0 spiro atoms. The topological polar surface area (TPSA) is 56.0 Å². The van der Waals surface area contributed by atoms with Crippen LogP contribution >= 0.6 is 0 Å². The van der Waals surface area contributed by atoms with Crippen LogP contribution in [0.3, 0.4) is 0 Å². The molecule has 1 atom stereocenters. The Kier molecular flexibility index (Phi) is 4.87. The van der Waals surface area contributed by atoms with Crippen LogP contribution in [0, 0.1) is 16.7 Å². The van der Waals surface area contributed by atoms with E-state index in [4.69, 9.17) is 10.4 Å². The number of aliphatic hydroxyl groups excluding tert-OH is 1. The fourth-order valence-electron chi connectivity index (χ4n) is 1.01. The van der Waals surface area contributed by atoms with Crippen molar-refractivity contribution in [3.63, 3.8) is 0 Å². The zero-order valence-corrected chi connectivity index (χ0v) is 8.09. The maximum absolute atomic E-state index is 8.72. The van der Waals surface area contributed by atoms with Crippen molar-refractivity contribution in [2.24, 2.45) is 5.41 Å². The van der Waals surface area contributed by atoms with Gasteiger partial charge in [-0.2, -0.15) is 5.26 Å². The Balaban J connectivity index is 3.78. The van der Waals surface area contributed by atoms with Gasteiger partial charge in [-0.1, -0.05) is 20.8 Å². The van der Waals surface area contributed by atoms with Gasteiger partial charge in [-0.05, 0) is 11.8 Å². The first-order valence-electron chi connectivity index (χ1n) is 4.23. The van der Waals surface area contributed by atoms with E-state index in [-0.39, 0.29) is 18.1 Å². The monoisotopic (exact) mass is 170 g/mol. The van der Waals surface area contributed by atoms with Crippen LogP contribution in [0.15, 0.2) is 0 Å². The molecule has 3 nitrogen and oxygen atoms in total. The van der Waals surface area contributed by atoms with Crippen LogP contribution in [0.1, 0.15) is 27.2 Å². The van der Waals surface area contributed by atoms with Crippen LogP contribution < -0.4 is 5.32 Å². The highest BCUT2D eigenvalue weighted by atomic mass is 16.3. The SMILES string of the molecule is CC(C)(C)CC(C#N)NCCO. The van der Waals surface area contributed by atoms with Crippen LogP contribution in [-0.2, 0) is 0 Å². The highest BCUT2D eigenvalue weighted by molar-refractivity contribution is 4.92. The summed E-state index contributed by atoms with van der Waals surface area (Å²) < 4.78 is 0. The molecule has 0 radical (unpaired) electrons. The van der Waals surface area contributed by atoms with Crippen LogP contribution in [0.2, 0.25) is 0 Å². The van der Waals surface area contributed by atoms with Gasteiger partial charge in [-0.3, -0.25) is 5.32 Å². The largest absolute Gasteiger partial charge is 0.395 e. The summed E-state index contributed by atoms with van der Waals surface area (Å²) in [5, 5.41) is 20.2. The van der Waals surface area contributed by atoms with Crippen LogP contribution in [0.5, 0.6) is 0 Å². The third kappa shape index (κ3) is 6.14. The normalized spacial score (nSPS) is 13.9. The molecule has 70 valence electrons. The number of rotatable bonds is 4. The van der Waals surface area contributed by atoms with Gasteiger partial charge in [0.2, 0.25) is 0 Å². The van der Waals surface area contributed by atoms with Crippen molar-refractivity contribution in [1.82, 2.24) is 5.32 Å². The maximum atomic E-state index is 8.72. The van der Waals surface area contributed by atoms with E-state index in [2.05, 4.69) is 32.2 Å². The fourth-order valence-corrected chi connectivity index (χ4v) is 1.01. The fraction of sp³-hybridized carbons (Fsp3) is 0.889. The van der Waals surface area contributed by atoms with Crippen LogP contribution in [0.4, 0.5) is 0 Å². The Hall–Kier alpha value is -0.590. The molecule has 12 heavy (non-hydrogen) atoms. The molecule has 0 amide bonds. The number of nitrogens with one attached hydrogen (secondary N) is 1. The zero-order chi connectivity index (χ0) is 9.61. The van der Waals surface area contributed by atoms with Gasteiger partial charge in [-0.25, -0.2) is 0 Å². The predicted octanol–water partition coefficient (Wildman–Crippen LogP) is 0.897. The van der Waals surface area contributed by atoms with E-state index in [0.29, 0.717) is 6.54 Å². The maximum Gasteiger partial charge on any atom is 0.0958 e. The van der Waals surface area contributed by atoms with Gasteiger partial charge in [0.15, 0.2) is 0 Å². The van der Waals surface area contributed by atoms with Crippen LogP contribution in [-0.4, -0.2) is 24.3 Å². The second kappa shape index (κ2) is 5.13. The van der Waals surface area contributed by atoms with E-state index in [9.17, 15) is 0 Å². The molecule has 0 bridgehead atoms. The highest BCUT2D eigenvalue weighted by Gasteiger charge is 2.17. The number of hydrogen-bond donors (Lipinski definition) is 2. The second-order valence-corrected chi connectivity index (χ2v) is 4.12. The number of nitriles is 1. The number of nitrogens with zero attached hydrogens (tertiary/aromatic N) is 1. The molecule has 0 aliphatic carbocycles. The Morgan fingerprint density at radius 2 is 2.08 bits per heavy atom. The van der Waals surface area contributed by atoms with E-state index in [1.165, 1.54) is 0 Å². The third-order valence-electron chi connectivity index (χ3n) is 1.47. The molecule has 1 unspecified atom stereocenters. The first kappa shape index (κ1) is 11.4. The van der Waals surface area contributed by atoms with E-state index >= 15 is 0 Å². The van der Waals surface area contributed by atoms with Crippen molar-refractivity contribution in [2.75, 3.05) is 13.2 Å². The van der Waals surface area contributed by atoms with E-state index < -0.39 is 0 Å². The van der Waals surface area contributed by atoms with Crippen molar-refractivity contribution in [2.45, 2.75) is 33.2 Å². The highest BCUT2D eigenvalue weighted by Crippen LogP contribution is 2.20. The van der Waals surface area contributed by atoms with E-state index in [1.54, 1.807) is 0 Å². The molecule has 0 aliphatic rings. The smallest absolute Gasteiger partial charge is 0.0958 e. The van der Waals surface area contributed by atoms with Crippen molar-refractivity contribution >= 4 is 0 Å². The summed E-state index contributed by atoms with van der Waals surface area (Å²) in [4.78, 5) is 0. The van der Waals surface area contributed by atoms with Crippen LogP contribution in [0.25, 0.3) is 0 Å². The zero-order valence-electron chi connectivity index (χ0n) is 8.09. The van der Waals surface area contributed by atoms with Crippen molar-refractivity contribution in [3.8, 4) is 6.07 Å². The second-order valence-electron chi connectivity index (χ2n) is 4.12. The van der Waals surface area contributed by atoms with Gasteiger partial charge in [-0.15, -0.1) is 0 Å². The van der Waals surface area contributed by atoms with E-state index in [0.717, 1.165) is 6.42 Å². The lowest BCUT2D eigenvalue weighted by Gasteiger charge is -2.21. The number of aliphatic hydroxyl groups is 1. The Bertz CT molecular complexity index is 155. The Labute approximate surface area is 74.4 Å². The average Bonchev–Trinajstić information content (AvgIpc) is 1.95. The molecule has 0 aromatic carbocycles.